The fourth-order valence-corrected chi connectivity index (χ4v) is 2.07. The van der Waals surface area contributed by atoms with Gasteiger partial charge in [0.15, 0.2) is 5.78 Å². The van der Waals surface area contributed by atoms with Gasteiger partial charge in [-0.2, -0.15) is 0 Å². The Labute approximate surface area is 149 Å². The van der Waals surface area contributed by atoms with Crippen LogP contribution in [0.2, 0.25) is 0 Å². The number of nitrogens with two attached hydrogens (primary N) is 2. The standard InChI is InChI=1S/C15H25N3O8/c1-7(20)13(17)11(22)5-18-14(24)8(4-12(16)23)2-10(21)3-9(6-19)15(25)26/h7-9,13,19-20H,2-6,17H2,1H3,(H2,16,23)(H,18,24)(H,25,26)/t7?,8-,9-,13-/m1/s1. The van der Waals surface area contributed by atoms with Gasteiger partial charge in [0.05, 0.1) is 37.1 Å². The zero-order chi connectivity index (χ0) is 20.4. The summed E-state index contributed by atoms with van der Waals surface area (Å²) in [4.78, 5) is 57.6. The lowest BCUT2D eigenvalue weighted by molar-refractivity contribution is -0.145. The largest absolute Gasteiger partial charge is 0.481 e. The molecule has 0 fully saturated rings. The maximum absolute atomic E-state index is 12.1. The second-order valence-corrected chi connectivity index (χ2v) is 5.98. The predicted octanol–water partition coefficient (Wildman–Crippen LogP) is -3.09. The molecular formula is C15H25N3O8. The highest BCUT2D eigenvalue weighted by molar-refractivity contribution is 5.94. The van der Waals surface area contributed by atoms with E-state index in [0.29, 0.717) is 0 Å². The molecule has 4 atom stereocenters. The number of Topliss-reactive ketones (excluding diaryl/α,β-unsaturated/α-hetero) is 2. The maximum Gasteiger partial charge on any atom is 0.309 e. The fourth-order valence-electron chi connectivity index (χ4n) is 2.07. The molecule has 11 nitrogen and oxygen atoms in total. The molecule has 0 saturated carbocycles. The van der Waals surface area contributed by atoms with Gasteiger partial charge in [-0.15, -0.1) is 0 Å². The molecule has 0 bridgehead atoms. The van der Waals surface area contributed by atoms with Crippen LogP contribution in [0.15, 0.2) is 0 Å². The van der Waals surface area contributed by atoms with Crippen LogP contribution in [0, 0.1) is 11.8 Å². The van der Waals surface area contributed by atoms with Crippen LogP contribution in [0.3, 0.4) is 0 Å². The molecule has 1 unspecified atom stereocenters. The van der Waals surface area contributed by atoms with Crippen molar-refractivity contribution in [1.82, 2.24) is 5.32 Å². The number of aliphatic hydroxyl groups excluding tert-OH is 2. The molecular weight excluding hydrogens is 350 g/mol. The van der Waals surface area contributed by atoms with E-state index in [0.717, 1.165) is 0 Å². The van der Waals surface area contributed by atoms with E-state index in [-0.39, 0.29) is 0 Å². The van der Waals surface area contributed by atoms with Crippen molar-refractivity contribution in [1.29, 1.82) is 0 Å². The maximum atomic E-state index is 12.1. The summed E-state index contributed by atoms with van der Waals surface area (Å²) in [6, 6.07) is -1.20. The summed E-state index contributed by atoms with van der Waals surface area (Å²) in [6.07, 6.45) is -2.59. The number of carbonyl (C=O) groups excluding carboxylic acids is 4. The quantitative estimate of drug-likeness (QED) is 0.192. The van der Waals surface area contributed by atoms with E-state index >= 15 is 0 Å². The molecule has 0 saturated heterocycles. The van der Waals surface area contributed by atoms with Gasteiger partial charge in [-0.05, 0) is 6.92 Å². The van der Waals surface area contributed by atoms with Gasteiger partial charge in [0.2, 0.25) is 11.8 Å². The molecule has 0 aromatic carbocycles. The van der Waals surface area contributed by atoms with Crippen LogP contribution in [0.25, 0.3) is 0 Å². The van der Waals surface area contributed by atoms with Crippen LogP contribution in [0.5, 0.6) is 0 Å². The molecule has 0 aromatic rings. The number of primary amides is 1. The summed E-state index contributed by atoms with van der Waals surface area (Å²) >= 11 is 0. The molecule has 2 amide bonds. The van der Waals surface area contributed by atoms with Crippen molar-refractivity contribution >= 4 is 29.4 Å². The van der Waals surface area contributed by atoms with Crippen LogP contribution in [0.1, 0.15) is 26.2 Å². The molecule has 11 heteroatoms. The number of aliphatic hydroxyl groups is 2. The third kappa shape index (κ3) is 8.65. The van der Waals surface area contributed by atoms with Crippen molar-refractivity contribution in [2.75, 3.05) is 13.2 Å². The zero-order valence-corrected chi connectivity index (χ0v) is 14.4. The van der Waals surface area contributed by atoms with Gasteiger partial charge in [-0.25, -0.2) is 0 Å². The molecule has 0 aromatic heterocycles. The molecule has 0 radical (unpaired) electrons. The van der Waals surface area contributed by atoms with E-state index in [1.54, 1.807) is 0 Å². The van der Waals surface area contributed by atoms with Crippen molar-refractivity contribution in [3.8, 4) is 0 Å². The Morgan fingerprint density at radius 1 is 1.04 bits per heavy atom. The summed E-state index contributed by atoms with van der Waals surface area (Å²) in [5.74, 6) is -6.84. The van der Waals surface area contributed by atoms with E-state index in [4.69, 9.17) is 21.7 Å². The normalized spacial score (nSPS) is 15.4. The number of ketones is 2. The van der Waals surface area contributed by atoms with Gasteiger partial charge in [-0.1, -0.05) is 0 Å². The first-order valence-electron chi connectivity index (χ1n) is 7.87. The van der Waals surface area contributed by atoms with E-state index < -0.39 is 85.7 Å². The van der Waals surface area contributed by atoms with Crippen LogP contribution < -0.4 is 16.8 Å². The summed E-state index contributed by atoms with van der Waals surface area (Å²) < 4.78 is 0. The summed E-state index contributed by atoms with van der Waals surface area (Å²) in [5.41, 5.74) is 10.5. The van der Waals surface area contributed by atoms with Crippen LogP contribution in [-0.2, 0) is 24.0 Å². The fraction of sp³-hybridized carbons (Fsp3) is 0.667. The minimum absolute atomic E-state index is 0.477. The molecule has 0 heterocycles. The van der Waals surface area contributed by atoms with Gasteiger partial charge in [0.25, 0.3) is 0 Å². The number of carboxylic acid groups (broad SMARTS) is 1. The molecule has 148 valence electrons. The predicted molar refractivity (Wildman–Crippen MR) is 87.4 cm³/mol. The number of amides is 2. The lowest BCUT2D eigenvalue weighted by Crippen LogP contribution is -2.47. The molecule has 0 rings (SSSR count). The average molecular weight is 375 g/mol. The second-order valence-electron chi connectivity index (χ2n) is 5.98. The number of carboxylic acids is 1. The number of hydrogen-bond donors (Lipinski definition) is 6. The Morgan fingerprint density at radius 3 is 2.00 bits per heavy atom. The Morgan fingerprint density at radius 2 is 1.58 bits per heavy atom. The SMILES string of the molecule is CC(O)[C@@H](N)C(=O)CNC(=O)[C@@H](CC(N)=O)CC(=O)C[C@H](CO)C(=O)O. The lowest BCUT2D eigenvalue weighted by Gasteiger charge is -2.17. The van der Waals surface area contributed by atoms with Crippen molar-refractivity contribution in [3.05, 3.63) is 0 Å². The Kier molecular flexibility index (Phi) is 10.3. The van der Waals surface area contributed by atoms with Gasteiger partial charge in [0, 0.05) is 19.3 Å². The number of aliphatic carboxylic acids is 1. The zero-order valence-electron chi connectivity index (χ0n) is 14.4. The Hall–Kier alpha value is -2.37. The van der Waals surface area contributed by atoms with Crippen molar-refractivity contribution < 1.29 is 39.3 Å². The third-order valence-electron chi connectivity index (χ3n) is 3.66. The monoisotopic (exact) mass is 375 g/mol. The number of rotatable bonds is 13. The number of carbonyl (C=O) groups is 5. The number of nitrogens with one attached hydrogen (secondary N) is 1. The summed E-state index contributed by atoms with van der Waals surface area (Å²) in [7, 11) is 0. The van der Waals surface area contributed by atoms with Gasteiger partial charge in [-0.3, -0.25) is 24.0 Å². The van der Waals surface area contributed by atoms with Crippen molar-refractivity contribution in [3.63, 3.8) is 0 Å². The van der Waals surface area contributed by atoms with Crippen LogP contribution in [-0.4, -0.2) is 70.0 Å². The number of hydrogen-bond acceptors (Lipinski definition) is 8. The van der Waals surface area contributed by atoms with Crippen LogP contribution >= 0.6 is 0 Å². The minimum atomic E-state index is -1.37. The first kappa shape index (κ1) is 23.6. The van der Waals surface area contributed by atoms with Crippen LogP contribution in [0.4, 0.5) is 0 Å². The van der Waals surface area contributed by atoms with Crippen molar-refractivity contribution in [2.24, 2.45) is 23.3 Å². The molecule has 0 aliphatic rings. The van der Waals surface area contributed by atoms with Gasteiger partial charge >= 0.3 is 5.97 Å². The summed E-state index contributed by atoms with van der Waals surface area (Å²) in [5, 5.41) is 29.2. The first-order valence-corrected chi connectivity index (χ1v) is 7.87. The highest BCUT2D eigenvalue weighted by Gasteiger charge is 2.28. The highest BCUT2D eigenvalue weighted by Crippen LogP contribution is 2.14. The smallest absolute Gasteiger partial charge is 0.309 e. The van der Waals surface area contributed by atoms with E-state index in [2.05, 4.69) is 5.32 Å². The first-order chi connectivity index (χ1) is 12.0. The lowest BCUT2D eigenvalue weighted by atomic mass is 9.92. The topological polar surface area (TPSA) is 210 Å². The molecule has 0 spiro atoms. The third-order valence-corrected chi connectivity index (χ3v) is 3.66. The molecule has 0 aliphatic carbocycles. The highest BCUT2D eigenvalue weighted by atomic mass is 16.4. The van der Waals surface area contributed by atoms with Gasteiger partial charge < -0.3 is 32.1 Å². The Bertz CT molecular complexity index is 549. The van der Waals surface area contributed by atoms with E-state index in [1.807, 2.05) is 0 Å². The molecule has 8 N–H and O–H groups in total. The van der Waals surface area contributed by atoms with E-state index in [9.17, 15) is 29.1 Å². The van der Waals surface area contributed by atoms with Crippen molar-refractivity contribution in [2.45, 2.75) is 38.3 Å². The second kappa shape index (κ2) is 11.3. The molecule has 26 heavy (non-hydrogen) atoms. The van der Waals surface area contributed by atoms with E-state index in [1.165, 1.54) is 6.92 Å². The Balaban J connectivity index is 4.84. The molecule has 0 aliphatic heterocycles. The summed E-state index contributed by atoms with van der Waals surface area (Å²) in [6.45, 7) is 0.0429. The minimum Gasteiger partial charge on any atom is -0.481 e. The van der Waals surface area contributed by atoms with Gasteiger partial charge in [0.1, 0.15) is 5.78 Å². The average Bonchev–Trinajstić information content (AvgIpc) is 2.54.